The Morgan fingerprint density at radius 3 is 2.49 bits per heavy atom. The highest BCUT2D eigenvalue weighted by molar-refractivity contribution is 6.07. The molecule has 7 heteroatoms. The summed E-state index contributed by atoms with van der Waals surface area (Å²) in [5.41, 5.74) is 0.454. The summed E-state index contributed by atoms with van der Waals surface area (Å²) in [6.07, 6.45) is 8.50. The average Bonchev–Trinajstić information content (AvgIpc) is 3.38. The van der Waals surface area contributed by atoms with Crippen molar-refractivity contribution in [2.24, 2.45) is 5.92 Å². The predicted molar refractivity (Wildman–Crippen MR) is 137 cm³/mol. The Balaban J connectivity index is 1.30. The summed E-state index contributed by atoms with van der Waals surface area (Å²) in [4.78, 5) is 45.2. The summed E-state index contributed by atoms with van der Waals surface area (Å²) in [5.74, 6) is 0.233. The Morgan fingerprint density at radius 2 is 1.83 bits per heavy atom. The largest absolute Gasteiger partial charge is 0.343 e. The Kier molecular flexibility index (Phi) is 8.47. The van der Waals surface area contributed by atoms with Crippen LogP contribution >= 0.6 is 0 Å². The molecule has 2 atom stereocenters. The zero-order valence-corrected chi connectivity index (χ0v) is 21.5. The van der Waals surface area contributed by atoms with Gasteiger partial charge in [-0.3, -0.25) is 14.5 Å². The molecule has 4 amide bonds. The number of aryl methyl sites for hydroxylation is 1. The number of hydrogen-bond donors (Lipinski definition) is 1. The minimum atomic E-state index is -0.810. The number of rotatable bonds is 10. The summed E-state index contributed by atoms with van der Waals surface area (Å²) in [6, 6.07) is 10.5. The van der Waals surface area contributed by atoms with Crippen molar-refractivity contribution in [1.82, 2.24) is 20.0 Å². The molecule has 0 unspecified atom stereocenters. The zero-order chi connectivity index (χ0) is 24.8. The summed E-state index contributed by atoms with van der Waals surface area (Å²) in [6.45, 7) is 4.98. The van der Waals surface area contributed by atoms with Gasteiger partial charge in [-0.05, 0) is 76.4 Å². The van der Waals surface area contributed by atoms with Crippen molar-refractivity contribution in [2.45, 2.75) is 82.7 Å². The number of benzene rings is 1. The third-order valence-corrected chi connectivity index (χ3v) is 8.45. The van der Waals surface area contributed by atoms with Gasteiger partial charge in [-0.25, -0.2) is 4.79 Å². The van der Waals surface area contributed by atoms with Crippen LogP contribution in [0.2, 0.25) is 0 Å². The number of amides is 4. The lowest BCUT2D eigenvalue weighted by atomic mass is 9.74. The summed E-state index contributed by atoms with van der Waals surface area (Å²) in [7, 11) is 2.13. The first-order valence-corrected chi connectivity index (χ1v) is 13.6. The normalized spacial score (nSPS) is 25.9. The first-order valence-electron chi connectivity index (χ1n) is 13.6. The predicted octanol–water partition coefficient (Wildman–Crippen LogP) is 3.82. The second-order valence-electron chi connectivity index (χ2n) is 10.7. The van der Waals surface area contributed by atoms with E-state index in [2.05, 4.69) is 36.3 Å². The van der Waals surface area contributed by atoms with E-state index >= 15 is 0 Å². The molecule has 1 N–H and O–H groups in total. The lowest BCUT2D eigenvalue weighted by molar-refractivity contribution is -0.136. The maximum atomic E-state index is 13.7. The van der Waals surface area contributed by atoms with Crippen molar-refractivity contribution in [3.8, 4) is 0 Å². The van der Waals surface area contributed by atoms with E-state index in [9.17, 15) is 14.4 Å². The van der Waals surface area contributed by atoms with Gasteiger partial charge in [-0.2, -0.15) is 0 Å². The second-order valence-corrected chi connectivity index (χ2v) is 10.7. The minimum Gasteiger partial charge on any atom is -0.343 e. The highest BCUT2D eigenvalue weighted by Crippen LogP contribution is 2.37. The van der Waals surface area contributed by atoms with Crippen LogP contribution in [0.5, 0.6) is 0 Å². The molecule has 7 nitrogen and oxygen atoms in total. The van der Waals surface area contributed by atoms with Gasteiger partial charge in [0, 0.05) is 32.1 Å². The van der Waals surface area contributed by atoms with E-state index in [1.807, 2.05) is 23.1 Å². The SMILES string of the molecule is CCC[C@]1(C2CCN(C(=O)CCCc3ccccc3)CC2)NC(=O)N(CC[C@H]2CCCN2C)C1=O. The van der Waals surface area contributed by atoms with Crippen molar-refractivity contribution in [2.75, 3.05) is 33.2 Å². The zero-order valence-electron chi connectivity index (χ0n) is 21.5. The van der Waals surface area contributed by atoms with Crippen LogP contribution in [0.25, 0.3) is 0 Å². The van der Waals surface area contributed by atoms with Gasteiger partial charge in [-0.15, -0.1) is 0 Å². The third kappa shape index (κ3) is 5.71. The standard InChI is InChI=1S/C28H42N4O3/c1-3-17-28(26(34)32(27(35)29-28)21-16-24-12-8-18-30(24)2)23-14-19-31(20-15-23)25(33)13-7-11-22-9-5-4-6-10-22/h4-6,9-10,23-24H,3,7-8,11-21H2,1-2H3,(H,29,35)/t24-,28-/m1/s1. The van der Waals surface area contributed by atoms with Gasteiger partial charge in [-0.1, -0.05) is 43.7 Å². The van der Waals surface area contributed by atoms with Gasteiger partial charge in [0.1, 0.15) is 5.54 Å². The fourth-order valence-electron chi connectivity index (χ4n) is 6.38. The first kappa shape index (κ1) is 25.7. The molecular formula is C28H42N4O3. The van der Waals surface area contributed by atoms with Crippen LogP contribution in [0, 0.1) is 5.92 Å². The first-order chi connectivity index (χ1) is 16.9. The molecule has 1 aromatic carbocycles. The molecule has 1 aromatic rings. The number of carbonyl (C=O) groups is 3. The molecule has 0 aliphatic carbocycles. The number of likely N-dealkylation sites (tertiary alicyclic amines) is 2. The van der Waals surface area contributed by atoms with E-state index in [0.29, 0.717) is 38.5 Å². The molecule has 35 heavy (non-hydrogen) atoms. The summed E-state index contributed by atoms with van der Waals surface area (Å²) < 4.78 is 0. The molecule has 3 aliphatic heterocycles. The van der Waals surface area contributed by atoms with Gasteiger partial charge < -0.3 is 15.1 Å². The maximum absolute atomic E-state index is 13.7. The lowest BCUT2D eigenvalue weighted by Gasteiger charge is -2.41. The van der Waals surface area contributed by atoms with Crippen LogP contribution in [0.15, 0.2) is 30.3 Å². The van der Waals surface area contributed by atoms with Crippen LogP contribution < -0.4 is 5.32 Å². The number of nitrogens with one attached hydrogen (secondary N) is 1. The van der Waals surface area contributed by atoms with Gasteiger partial charge >= 0.3 is 6.03 Å². The molecule has 0 saturated carbocycles. The number of imide groups is 1. The molecule has 3 fully saturated rings. The summed E-state index contributed by atoms with van der Waals surface area (Å²) >= 11 is 0. The van der Waals surface area contributed by atoms with Gasteiger partial charge in [0.25, 0.3) is 5.91 Å². The fourth-order valence-corrected chi connectivity index (χ4v) is 6.38. The Labute approximate surface area is 210 Å². The quantitative estimate of drug-likeness (QED) is 0.515. The topological polar surface area (TPSA) is 73.0 Å². The molecule has 0 spiro atoms. The van der Waals surface area contributed by atoms with Crippen molar-refractivity contribution < 1.29 is 14.4 Å². The maximum Gasteiger partial charge on any atom is 0.325 e. The molecule has 3 aliphatic rings. The van der Waals surface area contributed by atoms with Crippen LogP contribution in [-0.2, 0) is 16.0 Å². The van der Waals surface area contributed by atoms with E-state index in [4.69, 9.17) is 0 Å². The minimum absolute atomic E-state index is 0.0439. The van der Waals surface area contributed by atoms with Crippen molar-refractivity contribution in [3.63, 3.8) is 0 Å². The highest BCUT2D eigenvalue weighted by Gasteiger charge is 2.55. The fraction of sp³-hybridized carbons (Fsp3) is 0.679. The smallest absolute Gasteiger partial charge is 0.325 e. The van der Waals surface area contributed by atoms with E-state index in [1.54, 1.807) is 0 Å². The number of nitrogens with zero attached hydrogens (tertiary/aromatic N) is 3. The van der Waals surface area contributed by atoms with Crippen molar-refractivity contribution >= 4 is 17.8 Å². The second kappa shape index (κ2) is 11.5. The van der Waals surface area contributed by atoms with Crippen LogP contribution in [-0.4, -0.2) is 77.4 Å². The molecule has 3 heterocycles. The number of carbonyl (C=O) groups excluding carboxylic acids is 3. The highest BCUT2D eigenvalue weighted by atomic mass is 16.2. The Morgan fingerprint density at radius 1 is 1.09 bits per heavy atom. The molecule has 192 valence electrons. The van der Waals surface area contributed by atoms with Gasteiger partial charge in [0.2, 0.25) is 5.91 Å². The molecule has 4 rings (SSSR count). The van der Waals surface area contributed by atoms with Crippen LogP contribution in [0.1, 0.15) is 70.3 Å². The van der Waals surface area contributed by atoms with Crippen LogP contribution in [0.4, 0.5) is 4.79 Å². The van der Waals surface area contributed by atoms with E-state index in [0.717, 1.165) is 51.5 Å². The molecule has 0 aromatic heterocycles. The number of hydrogen-bond acceptors (Lipinski definition) is 4. The molecule has 3 saturated heterocycles. The third-order valence-electron chi connectivity index (χ3n) is 8.45. The van der Waals surface area contributed by atoms with Gasteiger partial charge in [0.15, 0.2) is 0 Å². The lowest BCUT2D eigenvalue weighted by Crippen LogP contribution is -2.56. The number of piperidine rings is 1. The van der Waals surface area contributed by atoms with Gasteiger partial charge in [0.05, 0.1) is 0 Å². The Bertz CT molecular complexity index is 883. The van der Waals surface area contributed by atoms with Crippen molar-refractivity contribution in [1.29, 1.82) is 0 Å². The average molecular weight is 483 g/mol. The number of urea groups is 1. The van der Waals surface area contributed by atoms with Crippen molar-refractivity contribution in [3.05, 3.63) is 35.9 Å². The monoisotopic (exact) mass is 482 g/mol. The molecule has 0 bridgehead atoms. The summed E-state index contributed by atoms with van der Waals surface area (Å²) in [5, 5.41) is 3.14. The van der Waals surface area contributed by atoms with Crippen LogP contribution in [0.3, 0.4) is 0 Å². The molecular weight excluding hydrogens is 440 g/mol. The molecule has 0 radical (unpaired) electrons. The van der Waals surface area contributed by atoms with E-state index in [1.165, 1.54) is 16.9 Å². The van der Waals surface area contributed by atoms with E-state index < -0.39 is 5.54 Å². The Hall–Kier alpha value is -2.41. The van der Waals surface area contributed by atoms with E-state index in [-0.39, 0.29) is 23.8 Å².